The Bertz CT molecular complexity index is 630. The smallest absolute Gasteiger partial charge is 0.311 e. The molecule has 3 N–H and O–H groups in total. The fraction of sp³-hybridized carbons (Fsp3) is 0.500. The molecule has 1 unspecified atom stereocenters. The van der Waals surface area contributed by atoms with Crippen molar-refractivity contribution < 1.29 is 13.3 Å². The molecule has 1 fully saturated rings. The van der Waals surface area contributed by atoms with Crippen molar-refractivity contribution >= 4 is 27.2 Å². The van der Waals surface area contributed by atoms with Gasteiger partial charge in [-0.3, -0.25) is 10.1 Å². The van der Waals surface area contributed by atoms with E-state index in [0.717, 1.165) is 0 Å². The van der Waals surface area contributed by atoms with Crippen molar-refractivity contribution in [1.29, 1.82) is 0 Å². The summed E-state index contributed by atoms with van der Waals surface area (Å²) in [6, 6.07) is 2.58. The molecule has 104 valence electrons. The first-order chi connectivity index (χ1) is 8.71. The molecule has 1 aromatic rings. The second kappa shape index (κ2) is 4.34. The highest BCUT2D eigenvalue weighted by atomic mass is 32.2. The molecule has 19 heavy (non-hydrogen) atoms. The Balaban J connectivity index is 2.33. The van der Waals surface area contributed by atoms with Gasteiger partial charge in [0, 0.05) is 6.07 Å². The van der Waals surface area contributed by atoms with Crippen LogP contribution < -0.4 is 11.1 Å². The van der Waals surface area contributed by atoms with E-state index < -0.39 is 20.3 Å². The average molecular weight is 286 g/mol. The van der Waals surface area contributed by atoms with Crippen molar-refractivity contribution in [2.75, 3.05) is 22.6 Å². The van der Waals surface area contributed by atoms with Crippen LogP contribution in [0.4, 0.5) is 17.3 Å². The number of sulfone groups is 1. The van der Waals surface area contributed by atoms with Crippen LogP contribution in [-0.2, 0) is 9.84 Å². The lowest BCUT2D eigenvalue weighted by molar-refractivity contribution is -0.384. The third-order valence-electron chi connectivity index (χ3n) is 3.02. The van der Waals surface area contributed by atoms with Crippen LogP contribution in [0.2, 0.25) is 0 Å². The molecular weight excluding hydrogens is 272 g/mol. The third kappa shape index (κ3) is 2.92. The highest BCUT2D eigenvalue weighted by Gasteiger charge is 2.39. The Morgan fingerprint density at radius 3 is 2.74 bits per heavy atom. The average Bonchev–Trinajstić information content (AvgIpc) is 2.52. The largest absolute Gasteiger partial charge is 0.384 e. The second-order valence-corrected chi connectivity index (χ2v) is 7.07. The van der Waals surface area contributed by atoms with Gasteiger partial charge in [-0.1, -0.05) is 0 Å². The highest BCUT2D eigenvalue weighted by Crippen LogP contribution is 2.31. The van der Waals surface area contributed by atoms with Gasteiger partial charge in [0.05, 0.1) is 22.0 Å². The summed E-state index contributed by atoms with van der Waals surface area (Å²) < 4.78 is 23.0. The number of nitrogens with zero attached hydrogens (tertiary/aromatic N) is 2. The quantitative estimate of drug-likeness (QED) is 0.613. The lowest BCUT2D eigenvalue weighted by Crippen LogP contribution is -2.36. The number of nitro groups is 1. The minimum absolute atomic E-state index is 0.00426. The van der Waals surface area contributed by atoms with E-state index in [1.54, 1.807) is 6.92 Å². The van der Waals surface area contributed by atoms with Gasteiger partial charge in [0.25, 0.3) is 0 Å². The monoisotopic (exact) mass is 286 g/mol. The lowest BCUT2D eigenvalue weighted by Gasteiger charge is -2.24. The minimum Gasteiger partial charge on any atom is -0.384 e. The van der Waals surface area contributed by atoms with Gasteiger partial charge >= 0.3 is 5.69 Å². The fourth-order valence-electron chi connectivity index (χ4n) is 2.10. The fourth-order valence-corrected chi connectivity index (χ4v) is 4.19. The Morgan fingerprint density at radius 1 is 1.53 bits per heavy atom. The number of anilines is 2. The van der Waals surface area contributed by atoms with Crippen molar-refractivity contribution in [1.82, 2.24) is 4.98 Å². The molecule has 1 saturated heterocycles. The molecular formula is C10H14N4O4S. The predicted octanol–water partition coefficient (Wildman–Crippen LogP) is 0.561. The number of nitrogen functional groups attached to an aromatic ring is 1. The molecule has 1 atom stereocenters. The van der Waals surface area contributed by atoms with E-state index in [1.165, 1.54) is 12.1 Å². The zero-order valence-corrected chi connectivity index (χ0v) is 11.1. The van der Waals surface area contributed by atoms with Crippen molar-refractivity contribution in [2.45, 2.75) is 18.9 Å². The first kappa shape index (κ1) is 13.5. The summed E-state index contributed by atoms with van der Waals surface area (Å²) in [6.45, 7) is 1.70. The molecule has 9 heteroatoms. The first-order valence-electron chi connectivity index (χ1n) is 5.60. The summed E-state index contributed by atoms with van der Waals surface area (Å²) in [5.74, 6) is 0.127. The predicted molar refractivity (Wildman–Crippen MR) is 70.6 cm³/mol. The summed E-state index contributed by atoms with van der Waals surface area (Å²) in [6.07, 6.45) is 0.378. The first-order valence-corrected chi connectivity index (χ1v) is 7.42. The number of pyridine rings is 1. The minimum atomic E-state index is -3.11. The molecule has 2 rings (SSSR count). The number of hydrogen-bond donors (Lipinski definition) is 2. The van der Waals surface area contributed by atoms with Gasteiger partial charge in [-0.2, -0.15) is 0 Å². The number of rotatable bonds is 3. The van der Waals surface area contributed by atoms with E-state index in [9.17, 15) is 18.5 Å². The molecule has 0 spiro atoms. The number of nitrogens with one attached hydrogen (secondary N) is 1. The zero-order valence-electron chi connectivity index (χ0n) is 10.3. The summed E-state index contributed by atoms with van der Waals surface area (Å²) >= 11 is 0. The lowest BCUT2D eigenvalue weighted by atomic mass is 10.0. The molecule has 8 nitrogen and oxygen atoms in total. The standard InChI is InChI=1S/C10H14N4O4S/c1-10(4-5-19(17,18)6-10)13-9-7(14(15)16)2-3-8(11)12-9/h2-3H,4-6H2,1H3,(H3,11,12,13). The van der Waals surface area contributed by atoms with Gasteiger partial charge in [-0.15, -0.1) is 0 Å². The zero-order chi connectivity index (χ0) is 14.3. The summed E-state index contributed by atoms with van der Waals surface area (Å²) in [7, 11) is -3.11. The van der Waals surface area contributed by atoms with Crippen LogP contribution in [0.1, 0.15) is 13.3 Å². The van der Waals surface area contributed by atoms with Gasteiger partial charge in [0.2, 0.25) is 5.82 Å². The van der Waals surface area contributed by atoms with Gasteiger partial charge in [-0.05, 0) is 19.4 Å². The molecule has 0 saturated carbocycles. The Labute approximate surface area is 110 Å². The Hall–Kier alpha value is -1.90. The van der Waals surface area contributed by atoms with E-state index in [-0.39, 0.29) is 28.8 Å². The molecule has 0 radical (unpaired) electrons. The SMILES string of the molecule is CC1(Nc2nc(N)ccc2[N+](=O)[O-])CCS(=O)(=O)C1. The molecule has 0 aliphatic carbocycles. The molecule has 1 aromatic heterocycles. The number of nitrogens with two attached hydrogens (primary N) is 1. The Morgan fingerprint density at radius 2 is 2.21 bits per heavy atom. The van der Waals surface area contributed by atoms with Crippen molar-refractivity contribution in [3.05, 3.63) is 22.2 Å². The van der Waals surface area contributed by atoms with Crippen molar-refractivity contribution in [3.8, 4) is 0 Å². The molecule has 2 heterocycles. The maximum absolute atomic E-state index is 11.5. The maximum Gasteiger partial charge on any atom is 0.311 e. The van der Waals surface area contributed by atoms with Gasteiger partial charge < -0.3 is 11.1 Å². The molecule has 1 aliphatic rings. The molecule has 0 aromatic carbocycles. The van der Waals surface area contributed by atoms with Crippen LogP contribution >= 0.6 is 0 Å². The molecule has 0 bridgehead atoms. The summed E-state index contributed by atoms with van der Waals surface area (Å²) in [4.78, 5) is 14.2. The molecule has 1 aliphatic heterocycles. The summed E-state index contributed by atoms with van der Waals surface area (Å²) in [5.41, 5.74) is 4.52. The van der Waals surface area contributed by atoms with Crippen LogP contribution in [0, 0.1) is 10.1 Å². The third-order valence-corrected chi connectivity index (χ3v) is 4.92. The van der Waals surface area contributed by atoms with Crippen molar-refractivity contribution in [3.63, 3.8) is 0 Å². The van der Waals surface area contributed by atoms with Crippen LogP contribution in [0.3, 0.4) is 0 Å². The van der Waals surface area contributed by atoms with E-state index in [4.69, 9.17) is 5.73 Å². The van der Waals surface area contributed by atoms with Crippen LogP contribution in [0.25, 0.3) is 0 Å². The maximum atomic E-state index is 11.5. The van der Waals surface area contributed by atoms with Gasteiger partial charge in [0.1, 0.15) is 5.82 Å². The normalized spacial score (nSPS) is 25.1. The van der Waals surface area contributed by atoms with E-state index >= 15 is 0 Å². The topological polar surface area (TPSA) is 128 Å². The highest BCUT2D eigenvalue weighted by molar-refractivity contribution is 7.91. The van der Waals surface area contributed by atoms with Crippen LogP contribution in [0.15, 0.2) is 12.1 Å². The van der Waals surface area contributed by atoms with E-state index in [0.29, 0.717) is 6.42 Å². The molecule has 0 amide bonds. The second-order valence-electron chi connectivity index (χ2n) is 4.89. The summed E-state index contributed by atoms with van der Waals surface area (Å²) in [5, 5.41) is 13.8. The van der Waals surface area contributed by atoms with E-state index in [2.05, 4.69) is 10.3 Å². The number of aromatic nitrogens is 1. The van der Waals surface area contributed by atoms with Gasteiger partial charge in [-0.25, -0.2) is 13.4 Å². The Kier molecular flexibility index (Phi) is 3.09. The van der Waals surface area contributed by atoms with Crippen molar-refractivity contribution in [2.24, 2.45) is 0 Å². The number of hydrogen-bond acceptors (Lipinski definition) is 7. The van der Waals surface area contributed by atoms with Gasteiger partial charge in [0.15, 0.2) is 9.84 Å². The van der Waals surface area contributed by atoms with Crippen LogP contribution in [0.5, 0.6) is 0 Å². The van der Waals surface area contributed by atoms with E-state index in [1.807, 2.05) is 0 Å². The van der Waals surface area contributed by atoms with Crippen LogP contribution in [-0.4, -0.2) is 35.4 Å².